The van der Waals surface area contributed by atoms with Crippen LogP contribution in [0.1, 0.15) is 20.8 Å². The largest absolute Gasteiger partial charge is 0.390 e. The van der Waals surface area contributed by atoms with Crippen molar-refractivity contribution in [3.05, 3.63) is 0 Å². The van der Waals surface area contributed by atoms with Crippen LogP contribution in [0.2, 0.25) is 0 Å². The molecule has 2 atom stereocenters. The molecule has 1 heterocycles. The molecular weight excluding hydrogens is 116 g/mol. The maximum Gasteiger partial charge on any atom is 0.0871 e. The fraction of sp³-hybridized carbons (Fsp3) is 1.00. The van der Waals surface area contributed by atoms with Gasteiger partial charge in [-0.05, 0) is 6.92 Å². The average molecular weight is 130 g/mol. The molecule has 1 rings (SSSR count). The van der Waals surface area contributed by atoms with E-state index in [0.29, 0.717) is 6.61 Å². The van der Waals surface area contributed by atoms with E-state index in [0.717, 1.165) is 0 Å². The molecule has 0 spiro atoms. The minimum atomic E-state index is -0.294. The molecule has 2 nitrogen and oxygen atoms in total. The Morgan fingerprint density at radius 3 is 2.22 bits per heavy atom. The zero-order valence-electron chi connectivity index (χ0n) is 6.22. The van der Waals surface area contributed by atoms with E-state index in [1.54, 1.807) is 0 Å². The second-order valence-electron chi connectivity index (χ2n) is 3.45. The lowest BCUT2D eigenvalue weighted by atomic mass is 9.88. The van der Waals surface area contributed by atoms with E-state index in [2.05, 4.69) is 0 Å². The summed E-state index contributed by atoms with van der Waals surface area (Å²) in [6, 6.07) is 0. The van der Waals surface area contributed by atoms with E-state index in [-0.39, 0.29) is 17.6 Å². The van der Waals surface area contributed by atoms with Crippen molar-refractivity contribution in [3.63, 3.8) is 0 Å². The number of ether oxygens (including phenoxy) is 1. The Kier molecular flexibility index (Phi) is 1.53. The van der Waals surface area contributed by atoms with Gasteiger partial charge in [-0.2, -0.15) is 0 Å². The predicted octanol–water partition coefficient (Wildman–Crippen LogP) is 0.792. The van der Waals surface area contributed by atoms with Crippen LogP contribution in [0.25, 0.3) is 0 Å². The number of aliphatic hydroxyl groups is 1. The fourth-order valence-electron chi connectivity index (χ4n) is 1.16. The second-order valence-corrected chi connectivity index (χ2v) is 3.45. The van der Waals surface area contributed by atoms with Gasteiger partial charge < -0.3 is 9.84 Å². The van der Waals surface area contributed by atoms with E-state index < -0.39 is 0 Å². The van der Waals surface area contributed by atoms with Crippen LogP contribution >= 0.6 is 0 Å². The van der Waals surface area contributed by atoms with E-state index in [4.69, 9.17) is 4.74 Å². The quantitative estimate of drug-likeness (QED) is 0.525. The molecule has 54 valence electrons. The Morgan fingerprint density at radius 2 is 2.11 bits per heavy atom. The maximum atomic E-state index is 9.40. The van der Waals surface area contributed by atoms with E-state index in [9.17, 15) is 5.11 Å². The molecule has 1 aliphatic heterocycles. The van der Waals surface area contributed by atoms with Gasteiger partial charge in [0, 0.05) is 5.41 Å². The lowest BCUT2D eigenvalue weighted by Crippen LogP contribution is -2.30. The van der Waals surface area contributed by atoms with Crippen molar-refractivity contribution in [2.75, 3.05) is 6.61 Å². The first-order valence-electron chi connectivity index (χ1n) is 3.34. The van der Waals surface area contributed by atoms with E-state index in [1.165, 1.54) is 0 Å². The van der Waals surface area contributed by atoms with Crippen molar-refractivity contribution in [1.82, 2.24) is 0 Å². The highest BCUT2D eigenvalue weighted by Crippen LogP contribution is 2.31. The van der Waals surface area contributed by atoms with Crippen molar-refractivity contribution >= 4 is 0 Å². The number of aliphatic hydroxyl groups excluding tert-OH is 1. The molecule has 0 radical (unpaired) electrons. The molecule has 1 saturated heterocycles. The number of rotatable bonds is 0. The zero-order chi connectivity index (χ0) is 7.07. The Balaban J connectivity index is 2.62. The summed E-state index contributed by atoms with van der Waals surface area (Å²) in [4.78, 5) is 0. The molecule has 0 saturated carbocycles. The van der Waals surface area contributed by atoms with Crippen molar-refractivity contribution in [2.24, 2.45) is 5.41 Å². The SMILES string of the molecule is CC1OCC(C)(C)C1O. The van der Waals surface area contributed by atoms with Crippen molar-refractivity contribution in [2.45, 2.75) is 33.0 Å². The first-order valence-corrected chi connectivity index (χ1v) is 3.34. The predicted molar refractivity (Wildman–Crippen MR) is 35.2 cm³/mol. The minimum absolute atomic E-state index is 0.0139. The van der Waals surface area contributed by atoms with Gasteiger partial charge in [0.05, 0.1) is 18.8 Å². The van der Waals surface area contributed by atoms with Crippen LogP contribution in [0, 0.1) is 5.41 Å². The monoisotopic (exact) mass is 130 g/mol. The molecule has 0 aromatic heterocycles. The molecule has 1 N–H and O–H groups in total. The van der Waals surface area contributed by atoms with E-state index in [1.807, 2.05) is 20.8 Å². The third-order valence-electron chi connectivity index (χ3n) is 1.96. The van der Waals surface area contributed by atoms with E-state index >= 15 is 0 Å². The molecule has 0 amide bonds. The lowest BCUT2D eigenvalue weighted by molar-refractivity contribution is 0.0430. The fourth-order valence-corrected chi connectivity index (χ4v) is 1.16. The van der Waals surface area contributed by atoms with Crippen LogP contribution in [0.3, 0.4) is 0 Å². The molecule has 0 bridgehead atoms. The summed E-state index contributed by atoms with van der Waals surface area (Å²) >= 11 is 0. The molecule has 0 aromatic carbocycles. The maximum absolute atomic E-state index is 9.40. The first kappa shape index (κ1) is 7.03. The van der Waals surface area contributed by atoms with Crippen LogP contribution in [0.4, 0.5) is 0 Å². The van der Waals surface area contributed by atoms with Crippen LogP contribution in [0.5, 0.6) is 0 Å². The molecule has 1 fully saturated rings. The smallest absolute Gasteiger partial charge is 0.0871 e. The standard InChI is InChI=1S/C7H14O2/c1-5-6(8)7(2,3)4-9-5/h5-6,8H,4H2,1-3H3. The molecule has 0 aliphatic carbocycles. The summed E-state index contributed by atoms with van der Waals surface area (Å²) in [5.74, 6) is 0. The molecule has 1 aliphatic rings. The molecule has 9 heavy (non-hydrogen) atoms. The summed E-state index contributed by atoms with van der Waals surface area (Å²) in [6.45, 7) is 6.61. The summed E-state index contributed by atoms with van der Waals surface area (Å²) in [7, 11) is 0. The van der Waals surface area contributed by atoms with Crippen molar-refractivity contribution in [3.8, 4) is 0 Å². The van der Waals surface area contributed by atoms with Gasteiger partial charge in [-0.15, -0.1) is 0 Å². The Morgan fingerprint density at radius 1 is 1.56 bits per heavy atom. The Bertz CT molecular complexity index is 109. The van der Waals surface area contributed by atoms with Gasteiger partial charge in [-0.25, -0.2) is 0 Å². The first-order chi connectivity index (χ1) is 4.04. The summed E-state index contributed by atoms with van der Waals surface area (Å²) in [6.07, 6.45) is -0.280. The second kappa shape index (κ2) is 1.96. The number of hydrogen-bond acceptors (Lipinski definition) is 2. The van der Waals surface area contributed by atoms with Gasteiger partial charge in [0.15, 0.2) is 0 Å². The molecule has 2 heteroatoms. The summed E-state index contributed by atoms with van der Waals surface area (Å²) < 4.78 is 5.23. The highest BCUT2D eigenvalue weighted by Gasteiger charge is 2.39. The van der Waals surface area contributed by atoms with Gasteiger partial charge in [-0.3, -0.25) is 0 Å². The lowest BCUT2D eigenvalue weighted by Gasteiger charge is -2.20. The van der Waals surface area contributed by atoms with Crippen molar-refractivity contribution in [1.29, 1.82) is 0 Å². The highest BCUT2D eigenvalue weighted by atomic mass is 16.5. The third-order valence-corrected chi connectivity index (χ3v) is 1.96. The molecule has 0 aromatic rings. The van der Waals surface area contributed by atoms with Gasteiger partial charge >= 0.3 is 0 Å². The van der Waals surface area contributed by atoms with Crippen LogP contribution in [-0.4, -0.2) is 23.9 Å². The summed E-state index contributed by atoms with van der Waals surface area (Å²) in [5, 5.41) is 9.40. The average Bonchev–Trinajstić information content (AvgIpc) is 1.97. The Labute approximate surface area is 55.8 Å². The van der Waals surface area contributed by atoms with Gasteiger partial charge in [-0.1, -0.05) is 13.8 Å². The van der Waals surface area contributed by atoms with Gasteiger partial charge in [0.1, 0.15) is 0 Å². The molecular formula is C7H14O2. The zero-order valence-corrected chi connectivity index (χ0v) is 6.22. The van der Waals surface area contributed by atoms with Gasteiger partial charge in [0.2, 0.25) is 0 Å². The number of hydrogen-bond donors (Lipinski definition) is 1. The normalized spacial score (nSPS) is 41.3. The Hall–Kier alpha value is -0.0800. The summed E-state index contributed by atoms with van der Waals surface area (Å²) in [5.41, 5.74) is -0.0422. The van der Waals surface area contributed by atoms with Crippen LogP contribution in [-0.2, 0) is 4.74 Å². The molecule has 2 unspecified atom stereocenters. The third kappa shape index (κ3) is 1.10. The topological polar surface area (TPSA) is 29.5 Å². The van der Waals surface area contributed by atoms with Gasteiger partial charge in [0.25, 0.3) is 0 Å². The minimum Gasteiger partial charge on any atom is -0.390 e. The highest BCUT2D eigenvalue weighted by molar-refractivity contribution is 4.87. The van der Waals surface area contributed by atoms with Crippen molar-refractivity contribution < 1.29 is 9.84 Å². The van der Waals surface area contributed by atoms with Crippen LogP contribution in [0.15, 0.2) is 0 Å². The van der Waals surface area contributed by atoms with Crippen LogP contribution < -0.4 is 0 Å².